The maximum Gasteiger partial charge on any atom is 0.211 e. The minimum Gasteiger partial charge on any atom is -0.439 e. The summed E-state index contributed by atoms with van der Waals surface area (Å²) in [5.74, 6) is 0.324. The van der Waals surface area contributed by atoms with E-state index in [1.807, 2.05) is 0 Å². The molecule has 3 nitrogen and oxygen atoms in total. The number of nitrogens with two attached hydrogens (primary N) is 1. The first kappa shape index (κ1) is 11.1. The maximum absolute atomic E-state index is 13.2. The van der Waals surface area contributed by atoms with Gasteiger partial charge in [-0.1, -0.05) is 17.7 Å². The van der Waals surface area contributed by atoms with Crippen LogP contribution in [0.4, 0.5) is 4.39 Å². The molecule has 0 aliphatic rings. The summed E-state index contributed by atoms with van der Waals surface area (Å²) >= 11 is 5.82. The molecule has 1 heterocycles. The van der Waals surface area contributed by atoms with E-state index in [0.717, 1.165) is 0 Å². The highest BCUT2D eigenvalue weighted by molar-refractivity contribution is 6.33. The van der Waals surface area contributed by atoms with Gasteiger partial charge in [0.05, 0.1) is 17.3 Å². The smallest absolute Gasteiger partial charge is 0.211 e. The molecule has 1 atom stereocenters. The number of halogens is 2. The quantitative estimate of drug-likeness (QED) is 0.877. The Bertz CT molecular complexity index is 510. The van der Waals surface area contributed by atoms with E-state index >= 15 is 0 Å². The molecule has 2 aromatic rings. The molecule has 5 heteroatoms. The number of nitrogens with zero attached hydrogens (tertiary/aromatic N) is 1. The van der Waals surface area contributed by atoms with E-state index in [0.29, 0.717) is 17.2 Å². The number of benzene rings is 1. The molecule has 1 aromatic heterocycles. The molecule has 84 valence electrons. The van der Waals surface area contributed by atoms with Gasteiger partial charge in [0.2, 0.25) is 5.89 Å². The highest BCUT2D eigenvalue weighted by Gasteiger charge is 2.14. The van der Waals surface area contributed by atoms with Crippen LogP contribution in [0.15, 0.2) is 28.8 Å². The van der Waals surface area contributed by atoms with Crippen molar-refractivity contribution in [2.45, 2.75) is 13.0 Å². The van der Waals surface area contributed by atoms with Crippen LogP contribution in [-0.4, -0.2) is 4.98 Å². The fraction of sp³-hybridized carbons (Fsp3) is 0.182. The first-order valence-electron chi connectivity index (χ1n) is 4.75. The molecular formula is C11H10ClFN2O. The summed E-state index contributed by atoms with van der Waals surface area (Å²) in [6.07, 6.45) is 1.49. The summed E-state index contributed by atoms with van der Waals surface area (Å²) in [5.41, 5.74) is 6.08. The summed E-state index contributed by atoms with van der Waals surface area (Å²) < 4.78 is 18.6. The van der Waals surface area contributed by atoms with Crippen molar-refractivity contribution in [3.63, 3.8) is 0 Å². The van der Waals surface area contributed by atoms with E-state index in [1.165, 1.54) is 12.3 Å². The zero-order chi connectivity index (χ0) is 11.7. The molecule has 0 saturated carbocycles. The second-order valence-electron chi connectivity index (χ2n) is 3.45. The third kappa shape index (κ3) is 1.94. The maximum atomic E-state index is 13.2. The summed E-state index contributed by atoms with van der Waals surface area (Å²) in [6, 6.07) is 4.21. The minimum atomic E-state index is -0.488. The van der Waals surface area contributed by atoms with Crippen molar-refractivity contribution >= 4 is 11.6 Å². The summed E-state index contributed by atoms with van der Waals surface area (Å²) in [5, 5.41) is 0.0230. The van der Waals surface area contributed by atoms with E-state index in [4.69, 9.17) is 21.8 Å². The van der Waals surface area contributed by atoms with Crippen LogP contribution in [0.3, 0.4) is 0 Å². The second kappa shape index (κ2) is 4.23. The van der Waals surface area contributed by atoms with Crippen LogP contribution in [0, 0.1) is 5.82 Å². The van der Waals surface area contributed by atoms with Crippen molar-refractivity contribution in [1.29, 1.82) is 0 Å². The Balaban J connectivity index is 2.47. The molecule has 0 spiro atoms. The Hall–Kier alpha value is -1.39. The van der Waals surface area contributed by atoms with Gasteiger partial charge < -0.3 is 10.2 Å². The van der Waals surface area contributed by atoms with Crippen molar-refractivity contribution < 1.29 is 8.81 Å². The Labute approximate surface area is 97.0 Å². The Morgan fingerprint density at radius 3 is 2.88 bits per heavy atom. The number of hydrogen-bond donors (Lipinski definition) is 1. The molecular weight excluding hydrogens is 231 g/mol. The van der Waals surface area contributed by atoms with E-state index in [9.17, 15) is 4.39 Å². The van der Waals surface area contributed by atoms with Gasteiger partial charge in [-0.3, -0.25) is 0 Å². The van der Waals surface area contributed by atoms with Crippen molar-refractivity contribution in [1.82, 2.24) is 4.98 Å². The van der Waals surface area contributed by atoms with Crippen molar-refractivity contribution in [3.05, 3.63) is 41.1 Å². The van der Waals surface area contributed by atoms with Crippen LogP contribution in [0.5, 0.6) is 0 Å². The Morgan fingerprint density at radius 1 is 1.50 bits per heavy atom. The first-order valence-corrected chi connectivity index (χ1v) is 5.13. The van der Waals surface area contributed by atoms with Crippen molar-refractivity contribution in [2.75, 3.05) is 0 Å². The van der Waals surface area contributed by atoms with E-state index < -0.39 is 5.82 Å². The number of oxazole rings is 1. The topological polar surface area (TPSA) is 52.0 Å². The van der Waals surface area contributed by atoms with Gasteiger partial charge in [0.15, 0.2) is 5.76 Å². The highest BCUT2D eigenvalue weighted by Crippen LogP contribution is 2.30. The fourth-order valence-electron chi connectivity index (χ4n) is 1.32. The molecule has 16 heavy (non-hydrogen) atoms. The van der Waals surface area contributed by atoms with E-state index in [1.54, 1.807) is 19.1 Å². The molecule has 0 radical (unpaired) electrons. The lowest BCUT2D eigenvalue weighted by Crippen LogP contribution is -2.04. The molecule has 0 amide bonds. The second-order valence-corrected chi connectivity index (χ2v) is 3.83. The van der Waals surface area contributed by atoms with Gasteiger partial charge in [-0.05, 0) is 19.1 Å². The zero-order valence-electron chi connectivity index (χ0n) is 8.58. The third-order valence-electron chi connectivity index (χ3n) is 2.13. The summed E-state index contributed by atoms with van der Waals surface area (Å²) in [7, 11) is 0. The van der Waals surface area contributed by atoms with Crippen LogP contribution in [0.2, 0.25) is 5.02 Å². The molecule has 0 fully saturated rings. The number of rotatable bonds is 2. The van der Waals surface area contributed by atoms with Crippen molar-refractivity contribution in [3.8, 4) is 11.3 Å². The van der Waals surface area contributed by atoms with Crippen LogP contribution < -0.4 is 5.73 Å². The largest absolute Gasteiger partial charge is 0.439 e. The van der Waals surface area contributed by atoms with Crippen LogP contribution in [-0.2, 0) is 0 Å². The fourth-order valence-corrected chi connectivity index (χ4v) is 1.54. The first-order chi connectivity index (χ1) is 7.59. The monoisotopic (exact) mass is 240 g/mol. The number of hydrogen-bond acceptors (Lipinski definition) is 3. The third-order valence-corrected chi connectivity index (χ3v) is 2.51. The predicted molar refractivity (Wildman–Crippen MR) is 59.5 cm³/mol. The molecule has 2 rings (SSSR count). The zero-order valence-corrected chi connectivity index (χ0v) is 9.33. The molecule has 0 aliphatic carbocycles. The SMILES string of the molecule is CC(N)c1ncc(-c2cccc(F)c2Cl)o1. The normalized spacial score (nSPS) is 12.8. The summed E-state index contributed by atoms with van der Waals surface area (Å²) in [4.78, 5) is 3.99. The average molecular weight is 241 g/mol. The van der Waals surface area contributed by atoms with Gasteiger partial charge in [0, 0.05) is 5.56 Å². The van der Waals surface area contributed by atoms with Crippen LogP contribution in [0.1, 0.15) is 18.9 Å². The standard InChI is InChI=1S/C11H10ClFN2O/c1-6(14)11-15-5-9(16-11)7-3-2-4-8(13)10(7)12/h2-6H,14H2,1H3. The molecule has 1 aromatic carbocycles. The Kier molecular flexibility index (Phi) is 2.94. The molecule has 0 bridgehead atoms. The van der Waals surface area contributed by atoms with Crippen LogP contribution >= 0.6 is 11.6 Å². The highest BCUT2D eigenvalue weighted by atomic mass is 35.5. The van der Waals surface area contributed by atoms with Gasteiger partial charge in [-0.2, -0.15) is 0 Å². The number of aromatic nitrogens is 1. The molecule has 1 unspecified atom stereocenters. The predicted octanol–water partition coefficient (Wildman–Crippen LogP) is 3.15. The summed E-state index contributed by atoms with van der Waals surface area (Å²) in [6.45, 7) is 1.75. The van der Waals surface area contributed by atoms with Gasteiger partial charge in [-0.15, -0.1) is 0 Å². The minimum absolute atomic E-state index is 0.0230. The van der Waals surface area contributed by atoms with Crippen LogP contribution in [0.25, 0.3) is 11.3 Å². The van der Waals surface area contributed by atoms with Crippen molar-refractivity contribution in [2.24, 2.45) is 5.73 Å². The van der Waals surface area contributed by atoms with Gasteiger partial charge in [-0.25, -0.2) is 9.37 Å². The van der Waals surface area contributed by atoms with E-state index in [-0.39, 0.29) is 11.1 Å². The average Bonchev–Trinajstić information content (AvgIpc) is 2.71. The molecule has 2 N–H and O–H groups in total. The van der Waals surface area contributed by atoms with E-state index in [2.05, 4.69) is 4.98 Å². The van der Waals surface area contributed by atoms with Gasteiger partial charge in [0.25, 0.3) is 0 Å². The Morgan fingerprint density at radius 2 is 2.25 bits per heavy atom. The lowest BCUT2D eigenvalue weighted by atomic mass is 10.2. The molecule has 0 aliphatic heterocycles. The lowest BCUT2D eigenvalue weighted by molar-refractivity contribution is 0.473. The molecule has 0 saturated heterocycles. The van der Waals surface area contributed by atoms with Gasteiger partial charge in [0.1, 0.15) is 5.82 Å². The van der Waals surface area contributed by atoms with Gasteiger partial charge >= 0.3 is 0 Å². The lowest BCUT2D eigenvalue weighted by Gasteiger charge is -2.01.